The van der Waals surface area contributed by atoms with E-state index in [9.17, 15) is 9.70 Å². The van der Waals surface area contributed by atoms with Crippen LogP contribution in [0.5, 0.6) is 0 Å². The third-order valence-corrected chi connectivity index (χ3v) is 5.89. The Bertz CT molecular complexity index is 1060. The lowest BCUT2D eigenvalue weighted by molar-refractivity contribution is -0.736. The van der Waals surface area contributed by atoms with Gasteiger partial charge in [-0.1, -0.05) is 49.9 Å². The molecule has 0 aliphatic carbocycles. The van der Waals surface area contributed by atoms with Crippen LogP contribution in [0.1, 0.15) is 38.2 Å². The van der Waals surface area contributed by atoms with Gasteiger partial charge in [-0.2, -0.15) is 0 Å². The Labute approximate surface area is 184 Å². The predicted molar refractivity (Wildman–Crippen MR) is 119 cm³/mol. The number of aromatic nitrogens is 3. The van der Waals surface area contributed by atoms with E-state index in [1.54, 1.807) is 12.1 Å². The van der Waals surface area contributed by atoms with E-state index in [2.05, 4.69) is 41.2 Å². The summed E-state index contributed by atoms with van der Waals surface area (Å²) in [4.78, 5) is 32.5. The summed E-state index contributed by atoms with van der Waals surface area (Å²) in [6.45, 7) is 4.37. The van der Waals surface area contributed by atoms with Gasteiger partial charge in [0.05, 0.1) is 10.7 Å². The van der Waals surface area contributed by atoms with Crippen LogP contribution in [0.4, 0.5) is 5.69 Å². The first-order valence-electron chi connectivity index (χ1n) is 9.99. The molecule has 0 saturated heterocycles. The molecule has 2 N–H and O–H groups in total. The minimum Gasteiger partial charge on any atom is -0.481 e. The normalized spacial score (nSPS) is 11.0. The molecule has 8 nitrogen and oxygen atoms in total. The number of aromatic amines is 1. The Hall–Kier alpha value is -3.20. The lowest BCUT2D eigenvalue weighted by Crippen LogP contribution is -1.99. The highest BCUT2D eigenvalue weighted by Crippen LogP contribution is 2.32. The summed E-state index contributed by atoms with van der Waals surface area (Å²) < 4.78 is 0. The van der Waals surface area contributed by atoms with E-state index in [0.29, 0.717) is 33.1 Å². The number of aliphatic carboxylic acids is 1. The molecule has 9 heteroatoms. The summed E-state index contributed by atoms with van der Waals surface area (Å²) in [5, 5.41) is 16.0. The molecular formula is C22H25N4O4S+. The number of rotatable bonds is 10. The summed E-state index contributed by atoms with van der Waals surface area (Å²) in [7, 11) is 1.30. The molecule has 0 aliphatic rings. The maximum atomic E-state index is 12.2. The fraction of sp³-hybridized carbons (Fsp3) is 0.318. The third kappa shape index (κ3) is 5.49. The van der Waals surface area contributed by atoms with Crippen LogP contribution in [0, 0.1) is 4.91 Å². The van der Waals surface area contributed by atoms with Crippen molar-refractivity contribution in [3.8, 4) is 22.5 Å². The molecule has 2 aromatic carbocycles. The molecule has 0 amide bonds. The van der Waals surface area contributed by atoms with Crippen molar-refractivity contribution < 1.29 is 19.7 Å². The molecule has 0 unspecified atom stereocenters. The maximum Gasteiger partial charge on any atom is 0.318 e. The highest BCUT2D eigenvalue weighted by molar-refractivity contribution is 7.99. The number of carboxylic acids is 1. The van der Waals surface area contributed by atoms with Crippen molar-refractivity contribution in [2.45, 2.75) is 37.8 Å². The maximum absolute atomic E-state index is 12.2. The van der Waals surface area contributed by atoms with Crippen molar-refractivity contribution in [2.24, 2.45) is 0 Å². The number of benzene rings is 2. The summed E-state index contributed by atoms with van der Waals surface area (Å²) in [6, 6.07) is 13.7. The average Bonchev–Trinajstić information content (AvgIpc) is 3.27. The standard InChI is InChI=1S/C22H24N4O4S/c1-4-14(5-2)15-6-8-16(9-7-15)17-10-18(12-19(11-17)26(29)30-3)21-23-22(25-24-21)31-13-20(27)28/h6-12,14H,4-5,13H2,1-3H3,(H-,23,24,25,27,28)/p+1. The van der Waals surface area contributed by atoms with Gasteiger partial charge in [-0.15, -0.1) is 5.10 Å². The van der Waals surface area contributed by atoms with Gasteiger partial charge in [0.1, 0.15) is 0 Å². The molecule has 0 bridgehead atoms. The van der Waals surface area contributed by atoms with E-state index in [1.807, 2.05) is 18.2 Å². The van der Waals surface area contributed by atoms with Crippen LogP contribution in [-0.2, 0) is 9.63 Å². The van der Waals surface area contributed by atoms with Gasteiger partial charge in [-0.05, 0) is 41.5 Å². The quantitative estimate of drug-likeness (QED) is 0.329. The Kier molecular flexibility index (Phi) is 7.41. The second-order valence-corrected chi connectivity index (χ2v) is 7.94. The van der Waals surface area contributed by atoms with Crippen molar-refractivity contribution >= 4 is 23.4 Å². The van der Waals surface area contributed by atoms with Crippen LogP contribution in [0.2, 0.25) is 0 Å². The van der Waals surface area contributed by atoms with Crippen LogP contribution in [0.3, 0.4) is 0 Å². The van der Waals surface area contributed by atoms with Crippen molar-refractivity contribution in [3.05, 3.63) is 52.9 Å². The van der Waals surface area contributed by atoms with Gasteiger partial charge in [0.15, 0.2) is 12.9 Å². The number of thioether (sulfide) groups is 1. The SMILES string of the molecule is CCC(CC)c1ccc(-c2cc(-c3nc(SCC(=O)O)n[nH]3)cc([N+](=O)OC)c2)cc1. The summed E-state index contributed by atoms with van der Waals surface area (Å²) in [6.07, 6.45) is 2.17. The number of hydrogen-bond acceptors (Lipinski definition) is 6. The highest BCUT2D eigenvalue weighted by atomic mass is 32.2. The number of nitrogens with zero attached hydrogens (tertiary/aromatic N) is 3. The molecule has 3 rings (SSSR count). The van der Waals surface area contributed by atoms with Crippen molar-refractivity contribution in [1.29, 1.82) is 0 Å². The molecule has 1 aromatic heterocycles. The van der Waals surface area contributed by atoms with Crippen molar-refractivity contribution in [2.75, 3.05) is 12.9 Å². The van der Waals surface area contributed by atoms with Crippen molar-refractivity contribution in [3.63, 3.8) is 0 Å². The smallest absolute Gasteiger partial charge is 0.318 e. The zero-order valence-corrected chi connectivity index (χ0v) is 18.5. The number of carboxylic acid groups (broad SMARTS) is 1. The Morgan fingerprint density at radius 1 is 1.13 bits per heavy atom. The van der Waals surface area contributed by atoms with Gasteiger partial charge in [0.2, 0.25) is 5.16 Å². The zero-order chi connectivity index (χ0) is 22.4. The molecule has 0 atom stereocenters. The van der Waals surface area contributed by atoms with E-state index >= 15 is 0 Å². The van der Waals surface area contributed by atoms with E-state index in [1.165, 1.54) is 12.7 Å². The van der Waals surface area contributed by atoms with Gasteiger partial charge in [0.25, 0.3) is 4.92 Å². The largest absolute Gasteiger partial charge is 0.481 e. The van der Waals surface area contributed by atoms with Crippen LogP contribution in [-0.4, -0.2) is 44.0 Å². The van der Waals surface area contributed by atoms with Gasteiger partial charge in [0, 0.05) is 17.7 Å². The molecule has 0 fully saturated rings. The van der Waals surface area contributed by atoms with E-state index in [-0.39, 0.29) is 5.75 Å². The lowest BCUT2D eigenvalue weighted by Gasteiger charge is -2.13. The Balaban J connectivity index is 1.98. The first-order valence-corrected chi connectivity index (χ1v) is 11.0. The predicted octanol–water partition coefficient (Wildman–Crippen LogP) is 5.19. The van der Waals surface area contributed by atoms with E-state index in [4.69, 9.17) is 9.94 Å². The fourth-order valence-corrected chi connectivity index (χ4v) is 3.92. The topological polar surface area (TPSA) is 108 Å². The van der Waals surface area contributed by atoms with Gasteiger partial charge >= 0.3 is 11.7 Å². The van der Waals surface area contributed by atoms with Crippen LogP contribution in [0.15, 0.2) is 47.6 Å². The molecule has 162 valence electrons. The number of H-pyrrole nitrogens is 1. The zero-order valence-electron chi connectivity index (χ0n) is 17.7. The molecule has 31 heavy (non-hydrogen) atoms. The average molecular weight is 442 g/mol. The van der Waals surface area contributed by atoms with Crippen molar-refractivity contribution in [1.82, 2.24) is 15.2 Å². The monoisotopic (exact) mass is 441 g/mol. The second kappa shape index (κ2) is 10.2. The first kappa shape index (κ1) is 22.5. The van der Waals surface area contributed by atoms with Gasteiger partial charge in [-0.25, -0.2) is 9.82 Å². The van der Waals surface area contributed by atoms with Crippen LogP contribution in [0.25, 0.3) is 22.5 Å². The van der Waals surface area contributed by atoms with Crippen LogP contribution >= 0.6 is 11.8 Å². The summed E-state index contributed by atoms with van der Waals surface area (Å²) >= 11 is 1.02. The molecule has 0 spiro atoms. The highest BCUT2D eigenvalue weighted by Gasteiger charge is 2.20. The Morgan fingerprint density at radius 2 is 1.81 bits per heavy atom. The number of nitrogens with one attached hydrogen (secondary N) is 1. The summed E-state index contributed by atoms with van der Waals surface area (Å²) in [5.41, 5.74) is 4.04. The number of carbonyl (C=O) groups is 1. The molecule has 3 aromatic rings. The van der Waals surface area contributed by atoms with Gasteiger partial charge < -0.3 is 5.11 Å². The van der Waals surface area contributed by atoms with Gasteiger partial charge in [-0.3, -0.25) is 9.89 Å². The number of hydrogen-bond donors (Lipinski definition) is 2. The van der Waals surface area contributed by atoms with E-state index < -0.39 is 5.97 Å². The molecule has 1 heterocycles. The minimum atomic E-state index is -0.945. The second-order valence-electron chi connectivity index (χ2n) is 6.99. The Morgan fingerprint density at radius 3 is 2.42 bits per heavy atom. The first-order chi connectivity index (χ1) is 14.9. The lowest BCUT2D eigenvalue weighted by atomic mass is 9.92. The molecule has 0 saturated carbocycles. The van der Waals surface area contributed by atoms with Crippen LogP contribution < -0.4 is 0 Å². The minimum absolute atomic E-state index is 0.135. The van der Waals surface area contributed by atoms with E-state index in [0.717, 1.165) is 35.7 Å². The fourth-order valence-electron chi connectivity index (χ4n) is 3.40. The molecular weight excluding hydrogens is 416 g/mol. The molecule has 0 radical (unpaired) electrons. The molecule has 0 aliphatic heterocycles. The summed E-state index contributed by atoms with van der Waals surface area (Å²) in [5.74, 6) is -0.116. The third-order valence-electron chi connectivity index (χ3n) is 5.06.